The lowest BCUT2D eigenvalue weighted by Crippen LogP contribution is -1.75. The van der Waals surface area contributed by atoms with Crippen LogP contribution in [0.3, 0.4) is 0 Å². The van der Waals surface area contributed by atoms with E-state index in [1.54, 1.807) is 0 Å². The molecule has 0 amide bonds. The van der Waals surface area contributed by atoms with Crippen molar-refractivity contribution in [2.45, 2.75) is 4.90 Å². The Kier molecular flexibility index (Phi) is 39.3. The molecule has 0 saturated carbocycles. The maximum atomic E-state index is 5.27. The van der Waals surface area contributed by atoms with Crippen molar-refractivity contribution in [3.05, 3.63) is 30.3 Å². The summed E-state index contributed by atoms with van der Waals surface area (Å²) in [5, 5.41) is 5.27. The molecule has 0 aliphatic heterocycles. The summed E-state index contributed by atoms with van der Waals surface area (Å²) in [7, 11) is 0. The van der Waals surface area contributed by atoms with Gasteiger partial charge in [-0.3, -0.25) is 28.7 Å². The van der Waals surface area contributed by atoms with E-state index in [9.17, 15) is 0 Å². The van der Waals surface area contributed by atoms with Crippen molar-refractivity contribution >= 4 is 11.9 Å². The molecule has 1 aromatic carbocycles. The second-order valence-corrected chi connectivity index (χ2v) is 2.14. The molecule has 0 spiro atoms. The third kappa shape index (κ3) is 11.2. The summed E-state index contributed by atoms with van der Waals surface area (Å²) in [5.41, 5.74) is 0. The van der Waals surface area contributed by atoms with Crippen LogP contribution in [-0.4, -0.2) is 0 Å². The molecule has 2 N–H and O–H groups in total. The van der Waals surface area contributed by atoms with Crippen LogP contribution in [0.2, 0.25) is 0 Å². The third-order valence-electron chi connectivity index (χ3n) is 0.879. The predicted octanol–water partition coefficient (Wildman–Crippen LogP) is 2.41. The van der Waals surface area contributed by atoms with E-state index >= 15 is 0 Å². The van der Waals surface area contributed by atoms with Crippen LogP contribution >= 0.6 is 11.9 Å². The Hall–Kier alpha value is -0.820. The van der Waals surface area contributed by atoms with Gasteiger partial charge in [0.15, 0.2) is 0 Å². The first-order chi connectivity index (χ1) is 3.93. The van der Waals surface area contributed by atoms with Gasteiger partial charge >= 0.3 is 0 Å². The minimum atomic E-state index is 0. The highest BCUT2D eigenvalue weighted by Gasteiger charge is 1.81. The predicted molar refractivity (Wildman–Crippen MR) is 49.0 cm³/mol. The molecule has 0 aliphatic carbocycles. The Labute approximate surface area is 76.7 Å². The van der Waals surface area contributed by atoms with Crippen LogP contribution in [0.4, 0.5) is 23.5 Å². The second kappa shape index (κ2) is 17.3. The van der Waals surface area contributed by atoms with Gasteiger partial charge in [0.1, 0.15) is 0 Å². The molecule has 13 heavy (non-hydrogen) atoms. The normalized spacial score (nSPS) is 5.62. The van der Waals surface area contributed by atoms with E-state index in [0.29, 0.717) is 0 Å². The first-order valence-electron chi connectivity index (χ1n) is 2.35. The maximum Gasteiger partial charge on any atom is 0.0225 e. The molecule has 0 aliphatic rings. The van der Waals surface area contributed by atoms with Gasteiger partial charge in [-0.25, -0.2) is 0 Å². The van der Waals surface area contributed by atoms with Crippen molar-refractivity contribution in [2.24, 2.45) is 5.14 Å². The lowest BCUT2D eigenvalue weighted by molar-refractivity contribution is 1.11. The number of nitrogens with two attached hydrogens (primary N) is 1. The topological polar surface area (TPSA) is 26.0 Å². The van der Waals surface area contributed by atoms with Gasteiger partial charge in [-0.05, 0) is 24.1 Å². The van der Waals surface area contributed by atoms with Crippen molar-refractivity contribution in [2.75, 3.05) is 0 Å². The molecule has 0 radical (unpaired) electrons. The fourth-order valence-electron chi connectivity index (χ4n) is 0.499. The van der Waals surface area contributed by atoms with Crippen LogP contribution in [0.15, 0.2) is 35.2 Å². The molecule has 0 bridgehead atoms. The molecular formula is C6H12F5NS. The van der Waals surface area contributed by atoms with E-state index in [1.165, 1.54) is 11.9 Å². The highest BCUT2D eigenvalue weighted by atomic mass is 32.2. The molecule has 1 nitrogen and oxygen atoms in total. The molecule has 0 heterocycles. The lowest BCUT2D eigenvalue weighted by atomic mass is 10.4. The van der Waals surface area contributed by atoms with Crippen molar-refractivity contribution in [3.63, 3.8) is 0 Å². The van der Waals surface area contributed by atoms with Gasteiger partial charge < -0.3 is 0 Å². The average Bonchev–Trinajstić information content (AvgIpc) is 1.90. The van der Waals surface area contributed by atoms with Crippen molar-refractivity contribution in [1.82, 2.24) is 0 Å². The molecular weight excluding hydrogens is 213 g/mol. The van der Waals surface area contributed by atoms with Gasteiger partial charge in [-0.15, -0.1) is 0 Å². The van der Waals surface area contributed by atoms with Crippen LogP contribution in [0.5, 0.6) is 0 Å². The zero-order valence-electron chi connectivity index (χ0n) is 6.41. The second-order valence-electron chi connectivity index (χ2n) is 1.43. The number of benzene rings is 1. The first kappa shape index (κ1) is 29.5. The fourth-order valence-corrected chi connectivity index (χ4v) is 0.813. The summed E-state index contributed by atoms with van der Waals surface area (Å²) in [5.74, 6) is 0. The van der Waals surface area contributed by atoms with E-state index in [-0.39, 0.29) is 23.5 Å². The van der Waals surface area contributed by atoms with Crippen LogP contribution in [0, 0.1) is 0 Å². The van der Waals surface area contributed by atoms with Gasteiger partial charge in [0.05, 0.1) is 0 Å². The Morgan fingerprint density at radius 3 is 1.38 bits per heavy atom. The van der Waals surface area contributed by atoms with E-state index < -0.39 is 0 Å². The zero-order chi connectivity index (χ0) is 5.82. The van der Waals surface area contributed by atoms with E-state index in [0.717, 1.165) is 4.90 Å². The molecule has 1 aromatic rings. The molecule has 82 valence electrons. The SMILES string of the molecule is F.F.F.F.F.NSc1ccccc1. The summed E-state index contributed by atoms with van der Waals surface area (Å²) in [6.45, 7) is 0. The number of hydrogen-bond donors (Lipinski definition) is 1. The molecule has 0 aromatic heterocycles. The lowest BCUT2D eigenvalue weighted by Gasteiger charge is -1.88. The van der Waals surface area contributed by atoms with Gasteiger partial charge in [0.25, 0.3) is 0 Å². The van der Waals surface area contributed by atoms with Crippen LogP contribution in [-0.2, 0) is 0 Å². The standard InChI is InChI=1S/C6H7NS.5FH/c7-8-6-4-2-1-3-5-6;;;;;/h1-5H,7H2;5*1H. The van der Waals surface area contributed by atoms with Gasteiger partial charge in [0, 0.05) is 4.90 Å². The van der Waals surface area contributed by atoms with Crippen LogP contribution in [0.1, 0.15) is 0 Å². The summed E-state index contributed by atoms with van der Waals surface area (Å²) >= 11 is 1.27. The molecule has 0 atom stereocenters. The smallest absolute Gasteiger partial charge is 0.0225 e. The van der Waals surface area contributed by atoms with Gasteiger partial charge in [-0.1, -0.05) is 18.2 Å². The quantitative estimate of drug-likeness (QED) is 0.586. The third-order valence-corrected chi connectivity index (χ3v) is 1.42. The highest BCUT2D eigenvalue weighted by Crippen LogP contribution is 2.08. The van der Waals surface area contributed by atoms with E-state index in [4.69, 9.17) is 5.14 Å². The van der Waals surface area contributed by atoms with Crippen LogP contribution in [0.25, 0.3) is 0 Å². The van der Waals surface area contributed by atoms with Gasteiger partial charge in [-0.2, -0.15) is 0 Å². The summed E-state index contributed by atoms with van der Waals surface area (Å²) in [6.07, 6.45) is 0. The van der Waals surface area contributed by atoms with Crippen LogP contribution < -0.4 is 5.14 Å². The molecule has 0 fully saturated rings. The average molecular weight is 225 g/mol. The molecule has 0 saturated heterocycles. The summed E-state index contributed by atoms with van der Waals surface area (Å²) < 4.78 is 0. The van der Waals surface area contributed by atoms with Crippen molar-refractivity contribution < 1.29 is 23.5 Å². The first-order valence-corrected chi connectivity index (χ1v) is 3.23. The minimum Gasteiger partial charge on any atom is -0.274 e. The Morgan fingerprint density at radius 1 is 0.769 bits per heavy atom. The van der Waals surface area contributed by atoms with Crippen molar-refractivity contribution in [3.8, 4) is 0 Å². The number of hydrogen-bond acceptors (Lipinski definition) is 2. The Morgan fingerprint density at radius 2 is 1.15 bits per heavy atom. The monoisotopic (exact) mass is 225 g/mol. The fraction of sp³-hybridized carbons (Fsp3) is 0. The van der Waals surface area contributed by atoms with E-state index in [1.807, 2.05) is 30.3 Å². The minimum absolute atomic E-state index is 0. The van der Waals surface area contributed by atoms with Crippen molar-refractivity contribution in [1.29, 1.82) is 0 Å². The zero-order valence-corrected chi connectivity index (χ0v) is 7.23. The molecule has 1 rings (SSSR count). The number of halogens is 5. The van der Waals surface area contributed by atoms with E-state index in [2.05, 4.69) is 0 Å². The highest BCUT2D eigenvalue weighted by molar-refractivity contribution is 7.97. The van der Waals surface area contributed by atoms with Gasteiger partial charge in [0.2, 0.25) is 0 Å². The molecule has 0 unspecified atom stereocenters. The largest absolute Gasteiger partial charge is 0.274 e. The Balaban J connectivity index is -0.0000000427. The Bertz CT molecular complexity index is 162. The molecule has 7 heteroatoms. The summed E-state index contributed by atoms with van der Waals surface area (Å²) in [4.78, 5) is 1.10. The number of rotatable bonds is 1. The maximum absolute atomic E-state index is 5.27. The summed E-state index contributed by atoms with van der Waals surface area (Å²) in [6, 6.07) is 9.86.